The van der Waals surface area contributed by atoms with Crippen LogP contribution in [0.5, 0.6) is 0 Å². The molecule has 1 unspecified atom stereocenters. The average molecular weight is 284 g/mol. The molecule has 0 spiro atoms. The van der Waals surface area contributed by atoms with Crippen molar-refractivity contribution in [3.63, 3.8) is 0 Å². The molecule has 1 atom stereocenters. The van der Waals surface area contributed by atoms with Crippen LogP contribution in [0.25, 0.3) is 0 Å². The Morgan fingerprint density at radius 1 is 1.75 bits per heavy atom. The summed E-state index contributed by atoms with van der Waals surface area (Å²) in [5.41, 5.74) is 5.88. The highest BCUT2D eigenvalue weighted by Gasteiger charge is 2.33. The minimum absolute atomic E-state index is 0.0362. The maximum atomic E-state index is 11.7. The Morgan fingerprint density at radius 2 is 2.50 bits per heavy atom. The number of aromatic amines is 1. The third kappa shape index (κ3) is 1.70. The Hall–Kier alpha value is -1.39. The summed E-state index contributed by atoms with van der Waals surface area (Å²) in [5.74, 6) is 0.496. The van der Waals surface area contributed by atoms with Gasteiger partial charge in [0.1, 0.15) is 16.2 Å². The lowest BCUT2D eigenvalue weighted by Gasteiger charge is -2.13. The molecule has 84 valence electrons. The van der Waals surface area contributed by atoms with Gasteiger partial charge in [-0.3, -0.25) is 14.8 Å². The van der Waals surface area contributed by atoms with Gasteiger partial charge >= 0.3 is 0 Å². The third-order valence-electron chi connectivity index (χ3n) is 2.61. The minimum Gasteiger partial charge on any atom is -0.330 e. The van der Waals surface area contributed by atoms with E-state index in [-0.39, 0.29) is 11.8 Å². The van der Waals surface area contributed by atoms with Crippen molar-refractivity contribution in [3.8, 4) is 6.07 Å². The molecule has 1 amide bonds. The fourth-order valence-corrected chi connectivity index (χ4v) is 2.11. The summed E-state index contributed by atoms with van der Waals surface area (Å²) in [5, 5.41) is 15.6. The Balaban J connectivity index is 2.32. The molecule has 0 bridgehead atoms. The molecule has 1 aromatic heterocycles. The largest absolute Gasteiger partial charge is 0.330 e. The van der Waals surface area contributed by atoms with Crippen molar-refractivity contribution >= 4 is 27.7 Å². The summed E-state index contributed by atoms with van der Waals surface area (Å²) in [7, 11) is 0. The van der Waals surface area contributed by atoms with Crippen molar-refractivity contribution in [2.75, 3.05) is 18.0 Å². The molecule has 0 aliphatic carbocycles. The molecule has 1 aliphatic rings. The quantitative estimate of drug-likeness (QED) is 0.818. The highest BCUT2D eigenvalue weighted by Crippen LogP contribution is 2.29. The van der Waals surface area contributed by atoms with E-state index in [9.17, 15) is 4.79 Å². The number of H-pyrrole nitrogens is 1. The predicted octanol–water partition coefficient (Wildman–Crippen LogP) is 0.355. The van der Waals surface area contributed by atoms with Crippen molar-refractivity contribution < 1.29 is 4.79 Å². The van der Waals surface area contributed by atoms with Crippen molar-refractivity contribution in [3.05, 3.63) is 10.2 Å². The number of nitrogens with one attached hydrogen (secondary N) is 1. The summed E-state index contributed by atoms with van der Waals surface area (Å²) in [6.07, 6.45) is 0.422. The molecule has 2 heterocycles. The summed E-state index contributed by atoms with van der Waals surface area (Å²) in [6.45, 7) is 0.997. The number of amides is 1. The maximum absolute atomic E-state index is 11.7. The highest BCUT2D eigenvalue weighted by molar-refractivity contribution is 9.10. The number of rotatable bonds is 2. The first-order valence-corrected chi connectivity index (χ1v) is 5.61. The molecular formula is C9H10BrN5O. The van der Waals surface area contributed by atoms with Crippen LogP contribution in [0, 0.1) is 17.2 Å². The van der Waals surface area contributed by atoms with Crippen LogP contribution in [0.15, 0.2) is 4.60 Å². The van der Waals surface area contributed by atoms with Crippen molar-refractivity contribution in [1.82, 2.24) is 10.2 Å². The molecule has 16 heavy (non-hydrogen) atoms. The van der Waals surface area contributed by atoms with Crippen LogP contribution in [0.2, 0.25) is 0 Å². The fraction of sp³-hybridized carbons (Fsp3) is 0.444. The van der Waals surface area contributed by atoms with Gasteiger partial charge < -0.3 is 5.73 Å². The smallest absolute Gasteiger partial charge is 0.228 e. The van der Waals surface area contributed by atoms with Crippen molar-refractivity contribution in [2.45, 2.75) is 6.42 Å². The van der Waals surface area contributed by atoms with E-state index in [4.69, 9.17) is 11.0 Å². The van der Waals surface area contributed by atoms with Gasteiger partial charge in [0.25, 0.3) is 0 Å². The van der Waals surface area contributed by atoms with Crippen LogP contribution in [0.3, 0.4) is 0 Å². The standard InChI is InChI=1S/C9H10BrN5O/c10-8-6(3-12)9(14-13-8)15-4-5(2-11)1-7(15)16/h5H,1-2,4,11H2,(H,13,14). The number of nitrogens with two attached hydrogens (primary N) is 1. The van der Waals surface area contributed by atoms with E-state index in [0.717, 1.165) is 0 Å². The maximum Gasteiger partial charge on any atom is 0.228 e. The molecule has 0 saturated carbocycles. The Kier molecular flexibility index (Phi) is 2.94. The van der Waals surface area contributed by atoms with E-state index in [0.29, 0.717) is 35.5 Å². The molecule has 0 radical (unpaired) electrons. The van der Waals surface area contributed by atoms with Crippen LogP contribution in [-0.4, -0.2) is 29.2 Å². The number of nitriles is 1. The van der Waals surface area contributed by atoms with E-state index in [1.807, 2.05) is 6.07 Å². The topological polar surface area (TPSA) is 98.8 Å². The van der Waals surface area contributed by atoms with Gasteiger partial charge in [0.05, 0.1) is 0 Å². The van der Waals surface area contributed by atoms with Crippen LogP contribution >= 0.6 is 15.9 Å². The predicted molar refractivity (Wildman–Crippen MR) is 60.5 cm³/mol. The van der Waals surface area contributed by atoms with Gasteiger partial charge in [-0.25, -0.2) is 0 Å². The van der Waals surface area contributed by atoms with Gasteiger partial charge in [0, 0.05) is 13.0 Å². The summed E-state index contributed by atoms with van der Waals surface area (Å²) in [4.78, 5) is 13.2. The van der Waals surface area contributed by atoms with E-state index in [1.54, 1.807) is 0 Å². The zero-order valence-electron chi connectivity index (χ0n) is 8.40. The van der Waals surface area contributed by atoms with Gasteiger partial charge in [-0.15, -0.1) is 0 Å². The monoisotopic (exact) mass is 283 g/mol. The number of carbonyl (C=O) groups is 1. The number of anilines is 1. The van der Waals surface area contributed by atoms with Crippen molar-refractivity contribution in [2.24, 2.45) is 11.7 Å². The van der Waals surface area contributed by atoms with Crippen LogP contribution in [-0.2, 0) is 4.79 Å². The van der Waals surface area contributed by atoms with Crippen LogP contribution in [0.1, 0.15) is 12.0 Å². The molecular weight excluding hydrogens is 274 g/mol. The summed E-state index contributed by atoms with van der Waals surface area (Å²) in [6, 6.07) is 2.01. The second-order valence-corrected chi connectivity index (χ2v) is 4.45. The first-order chi connectivity index (χ1) is 7.67. The van der Waals surface area contributed by atoms with E-state index in [1.165, 1.54) is 4.90 Å². The average Bonchev–Trinajstić information content (AvgIpc) is 2.81. The second-order valence-electron chi connectivity index (χ2n) is 3.66. The molecule has 1 saturated heterocycles. The normalized spacial score (nSPS) is 20.2. The Labute approximate surface area is 101 Å². The number of hydrogen-bond donors (Lipinski definition) is 2. The van der Waals surface area contributed by atoms with E-state index < -0.39 is 0 Å². The zero-order valence-corrected chi connectivity index (χ0v) is 9.99. The number of aromatic nitrogens is 2. The number of halogens is 1. The van der Waals surface area contributed by atoms with Gasteiger partial charge in [0.15, 0.2) is 5.82 Å². The van der Waals surface area contributed by atoms with Crippen LogP contribution in [0.4, 0.5) is 5.82 Å². The van der Waals surface area contributed by atoms with Crippen LogP contribution < -0.4 is 10.6 Å². The fourth-order valence-electron chi connectivity index (χ4n) is 1.75. The van der Waals surface area contributed by atoms with Crippen molar-refractivity contribution in [1.29, 1.82) is 5.26 Å². The number of nitrogens with zero attached hydrogens (tertiary/aromatic N) is 3. The molecule has 6 nitrogen and oxygen atoms in total. The first kappa shape index (κ1) is 11.1. The van der Waals surface area contributed by atoms with E-state index in [2.05, 4.69) is 26.1 Å². The summed E-state index contributed by atoms with van der Waals surface area (Å²) < 4.78 is 0.494. The molecule has 1 aliphatic heterocycles. The Bertz CT molecular complexity index is 463. The lowest BCUT2D eigenvalue weighted by molar-refractivity contribution is -0.117. The Morgan fingerprint density at radius 3 is 3.06 bits per heavy atom. The molecule has 1 fully saturated rings. The SMILES string of the molecule is N#Cc1c(N2CC(CN)CC2=O)n[nH]c1Br. The molecule has 7 heteroatoms. The van der Waals surface area contributed by atoms with Gasteiger partial charge in [-0.05, 0) is 28.4 Å². The highest BCUT2D eigenvalue weighted by atomic mass is 79.9. The lowest BCUT2D eigenvalue weighted by Crippen LogP contribution is -2.26. The summed E-state index contributed by atoms with van der Waals surface area (Å²) >= 11 is 3.17. The second kappa shape index (κ2) is 4.23. The number of carbonyl (C=O) groups excluding carboxylic acids is 1. The van der Waals surface area contributed by atoms with Gasteiger partial charge in [-0.2, -0.15) is 10.4 Å². The zero-order chi connectivity index (χ0) is 11.7. The van der Waals surface area contributed by atoms with Gasteiger partial charge in [-0.1, -0.05) is 0 Å². The molecule has 3 N–H and O–H groups in total. The van der Waals surface area contributed by atoms with E-state index >= 15 is 0 Å². The molecule has 0 aromatic carbocycles. The molecule has 2 rings (SSSR count). The number of hydrogen-bond acceptors (Lipinski definition) is 4. The third-order valence-corrected chi connectivity index (χ3v) is 3.18. The lowest BCUT2D eigenvalue weighted by atomic mass is 10.1. The minimum atomic E-state index is -0.0362. The van der Waals surface area contributed by atoms with Gasteiger partial charge in [0.2, 0.25) is 5.91 Å². The first-order valence-electron chi connectivity index (χ1n) is 4.81. The molecule has 1 aromatic rings.